The molecular formula is C35H58FN5O. The van der Waals surface area contributed by atoms with Gasteiger partial charge in [-0.15, -0.1) is 0 Å². The summed E-state index contributed by atoms with van der Waals surface area (Å²) in [7, 11) is 1.80. The van der Waals surface area contributed by atoms with Crippen molar-refractivity contribution in [2.75, 3.05) is 18.0 Å². The van der Waals surface area contributed by atoms with Gasteiger partial charge >= 0.3 is 0 Å². The van der Waals surface area contributed by atoms with E-state index in [1.807, 2.05) is 39.2 Å². The Morgan fingerprint density at radius 1 is 1.00 bits per heavy atom. The second kappa shape index (κ2) is 17.3. The van der Waals surface area contributed by atoms with Crippen LogP contribution in [0.25, 0.3) is 10.9 Å². The molecule has 1 aromatic carbocycles. The Bertz CT molecular complexity index is 1230. The predicted molar refractivity (Wildman–Crippen MR) is 178 cm³/mol. The molecule has 1 aliphatic rings. The molecule has 1 fully saturated rings. The largest absolute Gasteiger partial charge is 0.368 e. The number of rotatable bonds is 7. The lowest BCUT2D eigenvalue weighted by molar-refractivity contribution is -0.117. The number of Topliss-reactive ketones (excluding diaryl/α,β-unsaturated/α-hetero) is 1. The Balaban J connectivity index is 0.000000347. The van der Waals surface area contributed by atoms with Crippen LogP contribution in [0, 0.1) is 12.7 Å². The minimum Gasteiger partial charge on any atom is -0.368 e. The summed E-state index contributed by atoms with van der Waals surface area (Å²) in [5.74, 6) is 0.0732. The van der Waals surface area contributed by atoms with Gasteiger partial charge in [0.1, 0.15) is 11.3 Å². The molecule has 1 aliphatic heterocycles. The third-order valence-corrected chi connectivity index (χ3v) is 6.81. The van der Waals surface area contributed by atoms with Gasteiger partial charge in [-0.05, 0) is 90.1 Å². The molecule has 3 heterocycles. The molecule has 4 rings (SSSR count). The SMILES string of the molecule is CC.CCCC(C)=O.CCCc1c(N2CC(C)(C)NC(C)(C)C2)ccnc1C.CCCc1cc(F)c2nn(C)cc2c1. The number of halogens is 1. The molecule has 0 unspecified atom stereocenters. The molecule has 236 valence electrons. The summed E-state index contributed by atoms with van der Waals surface area (Å²) in [6.45, 7) is 25.3. The zero-order valence-electron chi connectivity index (χ0n) is 28.6. The van der Waals surface area contributed by atoms with E-state index >= 15 is 0 Å². The van der Waals surface area contributed by atoms with Crippen LogP contribution in [-0.2, 0) is 24.7 Å². The molecule has 0 spiro atoms. The van der Waals surface area contributed by atoms with E-state index in [0.29, 0.717) is 5.52 Å². The lowest BCUT2D eigenvalue weighted by Gasteiger charge is -2.49. The first-order chi connectivity index (χ1) is 19.7. The summed E-state index contributed by atoms with van der Waals surface area (Å²) >= 11 is 0. The minimum atomic E-state index is -0.216. The first-order valence-corrected chi connectivity index (χ1v) is 15.8. The number of piperazine rings is 1. The number of aromatic nitrogens is 3. The molecule has 0 amide bonds. The van der Waals surface area contributed by atoms with Crippen molar-refractivity contribution < 1.29 is 9.18 Å². The van der Waals surface area contributed by atoms with E-state index in [2.05, 4.69) is 74.8 Å². The van der Waals surface area contributed by atoms with Gasteiger partial charge in [0.05, 0.1) is 0 Å². The quantitative estimate of drug-likeness (QED) is 0.303. The maximum atomic E-state index is 13.5. The summed E-state index contributed by atoms with van der Waals surface area (Å²) in [4.78, 5) is 17.1. The van der Waals surface area contributed by atoms with Crippen LogP contribution >= 0.6 is 0 Å². The maximum Gasteiger partial charge on any atom is 0.151 e. The zero-order chi connectivity index (χ0) is 32.1. The number of nitrogens with one attached hydrogen (secondary N) is 1. The van der Waals surface area contributed by atoms with Gasteiger partial charge in [-0.1, -0.05) is 47.5 Å². The Kier molecular flexibility index (Phi) is 15.4. The van der Waals surface area contributed by atoms with Gasteiger partial charge in [-0.2, -0.15) is 5.10 Å². The number of carbonyl (C=O) groups is 1. The van der Waals surface area contributed by atoms with Crippen molar-refractivity contribution in [3.63, 3.8) is 0 Å². The average molecular weight is 584 g/mol. The first kappa shape index (κ1) is 37.2. The molecule has 6 nitrogen and oxygen atoms in total. The Morgan fingerprint density at radius 3 is 2.10 bits per heavy atom. The summed E-state index contributed by atoms with van der Waals surface area (Å²) in [5.41, 5.74) is 5.74. The first-order valence-electron chi connectivity index (χ1n) is 15.8. The Labute approximate surface area is 255 Å². The molecule has 0 bridgehead atoms. The van der Waals surface area contributed by atoms with Crippen molar-refractivity contribution in [1.29, 1.82) is 0 Å². The number of fused-ring (bicyclic) bond motifs is 1. The standard InChI is InChI=1S/C17H29N3.C11H13FN2.C5H10O.C2H6/c1-7-8-14-13(2)18-10-9-15(14)20-11-16(3,4)19-17(5,6)12-20;1-3-4-8-5-9-7-14(2)13-11(9)10(12)6-8;1-3-4-5(2)6;1-2/h9-10,19H,7-8,11-12H2,1-6H3;5-7H,3-4H2,1-2H3;3-4H2,1-2H3;1-2H3. The normalized spacial score (nSPS) is 15.0. The van der Waals surface area contributed by atoms with Crippen molar-refractivity contribution in [2.24, 2.45) is 7.05 Å². The minimum absolute atomic E-state index is 0.127. The predicted octanol–water partition coefficient (Wildman–Crippen LogP) is 8.38. The highest BCUT2D eigenvalue weighted by atomic mass is 19.1. The van der Waals surface area contributed by atoms with Crippen LogP contribution in [-0.4, -0.2) is 44.7 Å². The second-order valence-corrected chi connectivity index (χ2v) is 12.4. The third-order valence-electron chi connectivity index (χ3n) is 6.81. The number of pyridine rings is 1. The number of hydrogen-bond acceptors (Lipinski definition) is 5. The molecular weight excluding hydrogens is 525 g/mol. The lowest BCUT2D eigenvalue weighted by Crippen LogP contribution is -2.67. The number of anilines is 1. The van der Waals surface area contributed by atoms with Crippen molar-refractivity contribution in [1.82, 2.24) is 20.1 Å². The van der Waals surface area contributed by atoms with Gasteiger partial charge in [0.2, 0.25) is 0 Å². The van der Waals surface area contributed by atoms with Crippen LogP contribution in [0.2, 0.25) is 0 Å². The zero-order valence-corrected chi connectivity index (χ0v) is 28.6. The molecule has 0 saturated carbocycles. The van der Waals surface area contributed by atoms with Gasteiger partial charge in [-0.3, -0.25) is 9.67 Å². The average Bonchev–Trinajstić information content (AvgIpc) is 3.26. The Morgan fingerprint density at radius 2 is 1.60 bits per heavy atom. The van der Waals surface area contributed by atoms with Gasteiger partial charge in [0.15, 0.2) is 5.82 Å². The fourth-order valence-corrected chi connectivity index (χ4v) is 5.67. The van der Waals surface area contributed by atoms with E-state index in [9.17, 15) is 9.18 Å². The molecule has 7 heteroatoms. The number of benzene rings is 1. The highest BCUT2D eigenvalue weighted by Crippen LogP contribution is 2.30. The fourth-order valence-electron chi connectivity index (χ4n) is 5.67. The molecule has 2 aromatic heterocycles. The van der Waals surface area contributed by atoms with Crippen LogP contribution in [0.3, 0.4) is 0 Å². The van der Waals surface area contributed by atoms with Crippen LogP contribution in [0.4, 0.5) is 10.1 Å². The van der Waals surface area contributed by atoms with Crippen LogP contribution < -0.4 is 10.2 Å². The van der Waals surface area contributed by atoms with E-state index in [4.69, 9.17) is 0 Å². The number of hydrogen-bond donors (Lipinski definition) is 1. The summed E-state index contributed by atoms with van der Waals surface area (Å²) in [6, 6.07) is 5.78. The van der Waals surface area contributed by atoms with E-state index in [0.717, 1.165) is 56.1 Å². The van der Waals surface area contributed by atoms with Gasteiger partial charge in [0.25, 0.3) is 0 Å². The number of aryl methyl sites for hydroxylation is 3. The number of nitrogens with zero attached hydrogens (tertiary/aromatic N) is 4. The van der Waals surface area contributed by atoms with Crippen LogP contribution in [0.1, 0.15) is 112 Å². The molecule has 42 heavy (non-hydrogen) atoms. The highest BCUT2D eigenvalue weighted by molar-refractivity contribution is 5.79. The van der Waals surface area contributed by atoms with Crippen molar-refractivity contribution in [2.45, 2.75) is 126 Å². The summed E-state index contributed by atoms with van der Waals surface area (Å²) < 4.78 is 15.1. The third kappa shape index (κ3) is 11.8. The van der Waals surface area contributed by atoms with E-state index in [1.165, 1.54) is 23.4 Å². The van der Waals surface area contributed by atoms with E-state index in [-0.39, 0.29) is 22.7 Å². The fraction of sp³-hybridized carbons (Fsp3) is 0.629. The summed E-state index contributed by atoms with van der Waals surface area (Å²) in [5, 5.41) is 8.68. The van der Waals surface area contributed by atoms with Crippen molar-refractivity contribution >= 4 is 22.4 Å². The monoisotopic (exact) mass is 583 g/mol. The molecule has 0 aliphatic carbocycles. The van der Waals surface area contributed by atoms with Crippen LogP contribution in [0.15, 0.2) is 30.6 Å². The Hall–Kier alpha value is -2.80. The maximum absolute atomic E-state index is 13.5. The molecule has 1 saturated heterocycles. The van der Waals surface area contributed by atoms with Gasteiger partial charge in [0, 0.05) is 66.8 Å². The number of ketones is 1. The van der Waals surface area contributed by atoms with Gasteiger partial charge < -0.3 is 15.0 Å². The van der Waals surface area contributed by atoms with Crippen LogP contribution in [0.5, 0.6) is 0 Å². The molecule has 0 atom stereocenters. The molecule has 1 N–H and O–H groups in total. The lowest BCUT2D eigenvalue weighted by atomic mass is 9.90. The smallest absolute Gasteiger partial charge is 0.151 e. The topological polar surface area (TPSA) is 63.1 Å². The molecule has 3 aromatic rings. The second-order valence-electron chi connectivity index (χ2n) is 12.4. The van der Waals surface area contributed by atoms with E-state index < -0.39 is 0 Å². The molecule has 0 radical (unpaired) electrons. The highest BCUT2D eigenvalue weighted by Gasteiger charge is 2.37. The number of carbonyl (C=O) groups excluding carboxylic acids is 1. The summed E-state index contributed by atoms with van der Waals surface area (Å²) in [6.07, 6.45) is 9.74. The van der Waals surface area contributed by atoms with Crippen molar-refractivity contribution in [3.8, 4) is 0 Å². The van der Waals surface area contributed by atoms with E-state index in [1.54, 1.807) is 24.7 Å². The van der Waals surface area contributed by atoms with Gasteiger partial charge in [-0.25, -0.2) is 4.39 Å². The van der Waals surface area contributed by atoms with Crippen molar-refractivity contribution in [3.05, 3.63) is 53.2 Å².